The molecule has 33 heavy (non-hydrogen) atoms. The molecule has 3 aromatic rings. The molecule has 4 rings (SSSR count). The highest BCUT2D eigenvalue weighted by Crippen LogP contribution is 2.41. The van der Waals surface area contributed by atoms with Crippen LogP contribution in [0.15, 0.2) is 54.2 Å². The summed E-state index contributed by atoms with van der Waals surface area (Å²) in [6, 6.07) is 5.49. The van der Waals surface area contributed by atoms with E-state index in [0.29, 0.717) is 11.1 Å². The number of esters is 1. The van der Waals surface area contributed by atoms with E-state index in [1.807, 2.05) is 0 Å². The van der Waals surface area contributed by atoms with Crippen LogP contribution in [0.5, 0.6) is 0 Å². The van der Waals surface area contributed by atoms with E-state index in [2.05, 4.69) is 15.0 Å². The van der Waals surface area contributed by atoms with Crippen molar-refractivity contribution in [1.29, 1.82) is 0 Å². The van der Waals surface area contributed by atoms with Gasteiger partial charge in [0.15, 0.2) is 11.5 Å². The van der Waals surface area contributed by atoms with Crippen molar-refractivity contribution < 1.29 is 23.1 Å². The second kappa shape index (κ2) is 8.41. The smallest absolute Gasteiger partial charge is 0.354 e. The molecule has 0 aliphatic carbocycles. The molecular formula is C22H20F2N6O3. The molecule has 1 aliphatic heterocycles. The number of alkyl halides is 1. The van der Waals surface area contributed by atoms with Gasteiger partial charge >= 0.3 is 5.97 Å². The van der Waals surface area contributed by atoms with E-state index in [-0.39, 0.29) is 29.3 Å². The summed E-state index contributed by atoms with van der Waals surface area (Å²) in [7, 11) is 2.65. The highest BCUT2D eigenvalue weighted by molar-refractivity contribution is 6.09. The van der Waals surface area contributed by atoms with Gasteiger partial charge in [0.2, 0.25) is 0 Å². The van der Waals surface area contributed by atoms with Crippen LogP contribution in [0, 0.1) is 5.82 Å². The maximum atomic E-state index is 14.7. The predicted molar refractivity (Wildman–Crippen MR) is 114 cm³/mol. The molecule has 1 aromatic carbocycles. The zero-order chi connectivity index (χ0) is 23.8. The monoisotopic (exact) mass is 454 g/mol. The first-order valence-corrected chi connectivity index (χ1v) is 9.87. The zero-order valence-corrected chi connectivity index (χ0v) is 17.8. The molecule has 0 saturated heterocycles. The summed E-state index contributed by atoms with van der Waals surface area (Å²) in [6.45, 7) is -0.890. The molecule has 0 unspecified atom stereocenters. The normalized spacial score (nSPS) is 17.9. The first-order valence-electron chi connectivity index (χ1n) is 9.87. The third-order valence-electron chi connectivity index (χ3n) is 5.53. The Hall–Kier alpha value is -4.15. The number of hydrogen-bond donors (Lipinski definition) is 1. The van der Waals surface area contributed by atoms with Crippen LogP contribution in [-0.4, -0.2) is 58.1 Å². The third kappa shape index (κ3) is 3.51. The number of nitrogens with zero attached hydrogens (tertiary/aromatic N) is 5. The lowest BCUT2D eigenvalue weighted by atomic mass is 9.83. The average Bonchev–Trinajstić information content (AvgIpc) is 3.35. The molecule has 0 spiro atoms. The fourth-order valence-electron chi connectivity index (χ4n) is 3.85. The van der Waals surface area contributed by atoms with Gasteiger partial charge in [-0.2, -0.15) is 0 Å². The fraction of sp³-hybridized carbons (Fsp3) is 0.227. The summed E-state index contributed by atoms with van der Waals surface area (Å²) in [5, 5.41) is 0. The number of aromatic nitrogens is 3. The summed E-state index contributed by atoms with van der Waals surface area (Å²) >= 11 is 0. The molecule has 0 saturated carbocycles. The minimum atomic E-state index is -1.72. The minimum Gasteiger partial charge on any atom is -0.464 e. The largest absolute Gasteiger partial charge is 0.464 e. The second-order valence-corrected chi connectivity index (χ2v) is 7.35. The van der Waals surface area contributed by atoms with Crippen LogP contribution >= 0.6 is 0 Å². The molecule has 3 heterocycles. The first-order chi connectivity index (χ1) is 15.8. The van der Waals surface area contributed by atoms with Crippen LogP contribution in [0.25, 0.3) is 11.1 Å². The van der Waals surface area contributed by atoms with Crippen LogP contribution in [-0.2, 0) is 21.6 Å². The zero-order valence-electron chi connectivity index (χ0n) is 17.8. The Bertz CT molecular complexity index is 1260. The van der Waals surface area contributed by atoms with Gasteiger partial charge in [-0.3, -0.25) is 9.69 Å². The molecule has 0 fully saturated rings. The molecular weight excluding hydrogens is 434 g/mol. The average molecular weight is 454 g/mol. The van der Waals surface area contributed by atoms with Gasteiger partial charge in [-0.15, -0.1) is 0 Å². The van der Waals surface area contributed by atoms with Gasteiger partial charge in [-0.1, -0.05) is 6.07 Å². The minimum absolute atomic E-state index is 0.0412. The van der Waals surface area contributed by atoms with Crippen LogP contribution in [0.3, 0.4) is 0 Å². The van der Waals surface area contributed by atoms with E-state index in [1.54, 1.807) is 0 Å². The van der Waals surface area contributed by atoms with Crippen LogP contribution < -0.4 is 5.73 Å². The van der Waals surface area contributed by atoms with Crippen molar-refractivity contribution in [1.82, 2.24) is 19.4 Å². The number of likely N-dealkylation sites (N-methyl/N-ethyl adjacent to an activating group) is 1. The molecule has 2 N–H and O–H groups in total. The van der Waals surface area contributed by atoms with Gasteiger partial charge in [-0.25, -0.2) is 28.5 Å². The number of aryl methyl sites for hydroxylation is 1. The third-order valence-corrected chi connectivity index (χ3v) is 5.53. The lowest BCUT2D eigenvalue weighted by Crippen LogP contribution is -2.41. The van der Waals surface area contributed by atoms with Gasteiger partial charge in [0.25, 0.3) is 5.91 Å². The molecule has 11 heteroatoms. The number of halogens is 2. The van der Waals surface area contributed by atoms with Gasteiger partial charge in [-0.05, 0) is 23.8 Å². The lowest BCUT2D eigenvalue weighted by Gasteiger charge is -2.25. The summed E-state index contributed by atoms with van der Waals surface area (Å²) in [5.74, 6) is -1.84. The summed E-state index contributed by atoms with van der Waals surface area (Å²) in [4.78, 5) is 39.2. The summed E-state index contributed by atoms with van der Waals surface area (Å²) in [5.41, 5.74) is 5.42. The molecule has 0 radical (unpaired) electrons. The predicted octanol–water partition coefficient (Wildman–Crippen LogP) is 1.87. The molecule has 1 aliphatic rings. The van der Waals surface area contributed by atoms with Gasteiger partial charge in [0, 0.05) is 42.3 Å². The lowest BCUT2D eigenvalue weighted by molar-refractivity contribution is -0.129. The number of carbonyl (C=O) groups excluding carboxylic acids is 2. The number of benzene rings is 1. The molecule has 9 nitrogen and oxygen atoms in total. The van der Waals surface area contributed by atoms with Crippen molar-refractivity contribution in [2.45, 2.75) is 12.1 Å². The number of rotatable bonds is 6. The molecule has 170 valence electrons. The highest BCUT2D eigenvalue weighted by Gasteiger charge is 2.50. The highest BCUT2D eigenvalue weighted by atomic mass is 19.1. The van der Waals surface area contributed by atoms with E-state index >= 15 is 0 Å². The maximum absolute atomic E-state index is 14.7. The Kier molecular flexibility index (Phi) is 5.62. The summed E-state index contributed by atoms with van der Waals surface area (Å²) in [6.07, 6.45) is 5.65. The number of guanidine groups is 1. The number of amides is 1. The number of methoxy groups -OCH3 is 1. The van der Waals surface area contributed by atoms with Crippen molar-refractivity contribution >= 4 is 17.8 Å². The van der Waals surface area contributed by atoms with Crippen molar-refractivity contribution in [2.75, 3.05) is 20.8 Å². The van der Waals surface area contributed by atoms with E-state index in [0.717, 1.165) is 0 Å². The number of carbonyl (C=O) groups is 2. The quantitative estimate of drug-likeness (QED) is 0.569. The van der Waals surface area contributed by atoms with E-state index < -0.39 is 29.9 Å². The van der Waals surface area contributed by atoms with E-state index in [9.17, 15) is 18.4 Å². The van der Waals surface area contributed by atoms with Crippen molar-refractivity contribution in [3.63, 3.8) is 0 Å². The first kappa shape index (κ1) is 22.1. The van der Waals surface area contributed by atoms with Gasteiger partial charge < -0.3 is 15.0 Å². The standard InChI is InChI=1S/C22H20F2N6O3/c1-29-20(32)22(28-21(29)25,15-8-18(19(31)33-2)30(11-15)6-5-23)14-3-4-17(24)16(7-14)13-9-26-12-27-10-13/h3-4,7-12H,5-6H2,1-2H3,(H2,25,28)/t22-/m0/s1. The summed E-state index contributed by atoms with van der Waals surface area (Å²) < 4.78 is 34.0. The van der Waals surface area contributed by atoms with Gasteiger partial charge in [0.05, 0.1) is 13.7 Å². The van der Waals surface area contributed by atoms with Crippen molar-refractivity contribution in [2.24, 2.45) is 10.7 Å². The Labute approximate surface area is 187 Å². The topological polar surface area (TPSA) is 116 Å². The van der Waals surface area contributed by atoms with Crippen LogP contribution in [0.1, 0.15) is 21.6 Å². The van der Waals surface area contributed by atoms with Crippen molar-refractivity contribution in [3.05, 3.63) is 71.8 Å². The molecule has 1 amide bonds. The molecule has 1 atom stereocenters. The van der Waals surface area contributed by atoms with Crippen LogP contribution in [0.2, 0.25) is 0 Å². The Morgan fingerprint density at radius 2 is 1.94 bits per heavy atom. The number of hydrogen-bond acceptors (Lipinski definition) is 7. The SMILES string of the molecule is COC(=O)c1cc([C@]2(c3ccc(F)c(-c4cncnc4)c3)N=C(N)N(C)C2=O)cn1CCF. The number of nitrogens with two attached hydrogens (primary N) is 1. The molecule has 2 aromatic heterocycles. The second-order valence-electron chi connectivity index (χ2n) is 7.35. The molecule has 0 bridgehead atoms. The van der Waals surface area contributed by atoms with Gasteiger partial charge in [0.1, 0.15) is 24.5 Å². The van der Waals surface area contributed by atoms with Crippen molar-refractivity contribution in [3.8, 4) is 11.1 Å². The maximum Gasteiger partial charge on any atom is 0.354 e. The number of aliphatic imine (C=N–C) groups is 1. The van der Waals surface area contributed by atoms with E-state index in [4.69, 9.17) is 10.5 Å². The fourth-order valence-corrected chi connectivity index (χ4v) is 3.85. The Morgan fingerprint density at radius 1 is 1.21 bits per heavy atom. The Morgan fingerprint density at radius 3 is 2.55 bits per heavy atom. The number of ether oxygens (including phenoxy) is 1. The Balaban J connectivity index is 1.98. The van der Waals surface area contributed by atoms with Crippen LogP contribution in [0.4, 0.5) is 8.78 Å². The van der Waals surface area contributed by atoms with E-state index in [1.165, 1.54) is 72.8 Å².